The first-order chi connectivity index (χ1) is 12.6. The molecule has 7 nitrogen and oxygen atoms in total. The zero-order valence-corrected chi connectivity index (χ0v) is 15.7. The van der Waals surface area contributed by atoms with Crippen molar-refractivity contribution in [3.8, 4) is 11.4 Å². The van der Waals surface area contributed by atoms with Crippen LogP contribution in [0.5, 0.6) is 5.75 Å². The fraction of sp³-hybridized carbons (Fsp3) is 0.176. The number of aryl methyl sites for hydroxylation is 1. The van der Waals surface area contributed by atoms with Gasteiger partial charge in [-0.15, -0.1) is 5.10 Å². The van der Waals surface area contributed by atoms with Crippen LogP contribution in [0, 0.1) is 6.92 Å². The fourth-order valence-corrected chi connectivity index (χ4v) is 3.13. The van der Waals surface area contributed by atoms with E-state index in [1.54, 1.807) is 36.1 Å². The monoisotopic (exact) mass is 389 g/mol. The van der Waals surface area contributed by atoms with E-state index >= 15 is 0 Å². The van der Waals surface area contributed by atoms with Crippen LogP contribution in [0.2, 0.25) is 5.02 Å². The van der Waals surface area contributed by atoms with E-state index in [0.717, 1.165) is 5.56 Å². The Hall–Kier alpha value is -2.58. The second-order valence-corrected chi connectivity index (χ2v) is 6.71. The number of hydrogen-bond donors (Lipinski definition) is 1. The Bertz CT molecular complexity index is 931. The number of para-hydroxylation sites is 1. The number of rotatable bonds is 6. The lowest BCUT2D eigenvalue weighted by Gasteiger charge is -2.10. The molecule has 0 aliphatic rings. The largest absolute Gasteiger partial charge is 0.494 e. The van der Waals surface area contributed by atoms with Gasteiger partial charge in [0.15, 0.2) is 0 Å². The van der Waals surface area contributed by atoms with Crippen molar-refractivity contribution in [1.82, 2.24) is 20.2 Å². The van der Waals surface area contributed by atoms with Gasteiger partial charge in [-0.3, -0.25) is 4.79 Å². The van der Waals surface area contributed by atoms with E-state index in [-0.39, 0.29) is 11.7 Å². The number of nitrogens with one attached hydrogen (secondary N) is 1. The van der Waals surface area contributed by atoms with Crippen molar-refractivity contribution in [2.24, 2.45) is 0 Å². The fourth-order valence-electron chi connectivity index (χ4n) is 2.26. The molecule has 0 bridgehead atoms. The van der Waals surface area contributed by atoms with Gasteiger partial charge in [0.1, 0.15) is 11.4 Å². The summed E-state index contributed by atoms with van der Waals surface area (Å²) in [6, 6.07) is 12.8. The van der Waals surface area contributed by atoms with Gasteiger partial charge >= 0.3 is 0 Å². The van der Waals surface area contributed by atoms with Gasteiger partial charge in [-0.25, -0.2) is 0 Å². The molecule has 1 aromatic heterocycles. The molecule has 1 amide bonds. The number of nitrogens with zero attached hydrogens (tertiary/aromatic N) is 4. The van der Waals surface area contributed by atoms with Crippen molar-refractivity contribution in [2.45, 2.75) is 12.1 Å². The summed E-state index contributed by atoms with van der Waals surface area (Å²) < 4.78 is 6.93. The number of halogens is 1. The minimum absolute atomic E-state index is 0.139. The van der Waals surface area contributed by atoms with Crippen LogP contribution in [0.15, 0.2) is 47.6 Å². The lowest BCUT2D eigenvalue weighted by atomic mass is 10.2. The third-order valence-electron chi connectivity index (χ3n) is 3.48. The SMILES string of the molecule is COc1ccc(C)cc1-n1nnnc1SCC(=O)Nc1ccccc1Cl. The number of ether oxygens (including phenoxy) is 1. The van der Waals surface area contributed by atoms with Crippen LogP contribution in [0.25, 0.3) is 5.69 Å². The summed E-state index contributed by atoms with van der Waals surface area (Å²) in [7, 11) is 1.59. The van der Waals surface area contributed by atoms with Gasteiger partial charge in [-0.05, 0) is 47.2 Å². The second kappa shape index (κ2) is 8.20. The number of tetrazole rings is 1. The van der Waals surface area contributed by atoms with E-state index in [0.29, 0.717) is 27.3 Å². The molecule has 1 heterocycles. The molecular weight excluding hydrogens is 374 g/mol. The van der Waals surface area contributed by atoms with Gasteiger partial charge in [0.05, 0.1) is 23.6 Å². The average molecular weight is 390 g/mol. The second-order valence-electron chi connectivity index (χ2n) is 5.37. The molecule has 134 valence electrons. The lowest BCUT2D eigenvalue weighted by Crippen LogP contribution is -2.15. The van der Waals surface area contributed by atoms with Gasteiger partial charge in [0.2, 0.25) is 11.1 Å². The van der Waals surface area contributed by atoms with Crippen molar-refractivity contribution in [2.75, 3.05) is 18.2 Å². The number of hydrogen-bond acceptors (Lipinski definition) is 6. The molecule has 0 aliphatic heterocycles. The van der Waals surface area contributed by atoms with Crippen molar-refractivity contribution in [3.63, 3.8) is 0 Å². The number of aromatic nitrogens is 4. The maximum atomic E-state index is 12.2. The van der Waals surface area contributed by atoms with Gasteiger partial charge in [-0.2, -0.15) is 4.68 Å². The topological polar surface area (TPSA) is 81.9 Å². The Morgan fingerprint density at radius 1 is 1.31 bits per heavy atom. The highest BCUT2D eigenvalue weighted by atomic mass is 35.5. The smallest absolute Gasteiger partial charge is 0.234 e. The molecule has 3 rings (SSSR count). The van der Waals surface area contributed by atoms with Crippen LogP contribution in [-0.2, 0) is 4.79 Å². The summed E-state index contributed by atoms with van der Waals surface area (Å²) >= 11 is 7.27. The van der Waals surface area contributed by atoms with E-state index in [9.17, 15) is 4.79 Å². The van der Waals surface area contributed by atoms with Crippen molar-refractivity contribution < 1.29 is 9.53 Å². The maximum Gasteiger partial charge on any atom is 0.234 e. The summed E-state index contributed by atoms with van der Waals surface area (Å²) in [5.41, 5.74) is 2.33. The van der Waals surface area contributed by atoms with E-state index in [2.05, 4.69) is 20.8 Å². The molecule has 9 heteroatoms. The predicted molar refractivity (Wildman–Crippen MR) is 101 cm³/mol. The molecule has 26 heavy (non-hydrogen) atoms. The number of benzene rings is 2. The number of methoxy groups -OCH3 is 1. The highest BCUT2D eigenvalue weighted by Crippen LogP contribution is 2.27. The highest BCUT2D eigenvalue weighted by molar-refractivity contribution is 7.99. The quantitative estimate of drug-likeness (QED) is 0.651. The summed E-state index contributed by atoms with van der Waals surface area (Å²) in [5, 5.41) is 15.5. The first kappa shape index (κ1) is 18.2. The van der Waals surface area contributed by atoms with Crippen LogP contribution >= 0.6 is 23.4 Å². The molecule has 0 saturated heterocycles. The van der Waals surface area contributed by atoms with E-state index in [1.165, 1.54) is 11.8 Å². The third kappa shape index (κ3) is 4.14. The Balaban J connectivity index is 1.73. The molecule has 0 fully saturated rings. The average Bonchev–Trinajstić information content (AvgIpc) is 3.10. The molecule has 0 aliphatic carbocycles. The zero-order chi connectivity index (χ0) is 18.5. The molecule has 0 saturated carbocycles. The van der Waals surface area contributed by atoms with Crippen molar-refractivity contribution in [3.05, 3.63) is 53.1 Å². The number of amides is 1. The lowest BCUT2D eigenvalue weighted by molar-refractivity contribution is -0.113. The van der Waals surface area contributed by atoms with Gasteiger partial charge in [0.25, 0.3) is 0 Å². The molecule has 1 N–H and O–H groups in total. The molecule has 0 spiro atoms. The number of carbonyl (C=O) groups excluding carboxylic acids is 1. The highest BCUT2D eigenvalue weighted by Gasteiger charge is 2.15. The summed E-state index contributed by atoms with van der Waals surface area (Å²) in [5.74, 6) is 0.582. The van der Waals surface area contributed by atoms with Crippen LogP contribution < -0.4 is 10.1 Å². The Morgan fingerprint density at radius 2 is 2.12 bits per heavy atom. The van der Waals surface area contributed by atoms with Crippen LogP contribution in [0.3, 0.4) is 0 Å². The number of thioether (sulfide) groups is 1. The Kier molecular flexibility index (Phi) is 5.75. The number of anilines is 1. The third-order valence-corrected chi connectivity index (χ3v) is 4.73. The minimum Gasteiger partial charge on any atom is -0.494 e. The molecule has 2 aromatic carbocycles. The first-order valence-electron chi connectivity index (χ1n) is 7.69. The molecule has 0 unspecified atom stereocenters. The van der Waals surface area contributed by atoms with E-state index in [4.69, 9.17) is 16.3 Å². The Morgan fingerprint density at radius 3 is 2.88 bits per heavy atom. The van der Waals surface area contributed by atoms with Crippen LogP contribution in [-0.4, -0.2) is 39.0 Å². The van der Waals surface area contributed by atoms with Crippen molar-refractivity contribution >= 4 is 35.0 Å². The summed E-state index contributed by atoms with van der Waals surface area (Å²) in [6.07, 6.45) is 0. The summed E-state index contributed by atoms with van der Waals surface area (Å²) in [6.45, 7) is 1.97. The summed E-state index contributed by atoms with van der Waals surface area (Å²) in [4.78, 5) is 12.2. The predicted octanol–water partition coefficient (Wildman–Crippen LogP) is 3.36. The maximum absolute atomic E-state index is 12.2. The van der Waals surface area contributed by atoms with Crippen molar-refractivity contribution in [1.29, 1.82) is 0 Å². The minimum atomic E-state index is -0.200. The van der Waals surface area contributed by atoms with Gasteiger partial charge in [0, 0.05) is 0 Å². The molecule has 3 aromatic rings. The van der Waals surface area contributed by atoms with Crippen LogP contribution in [0.4, 0.5) is 5.69 Å². The molecule has 0 atom stereocenters. The number of carbonyl (C=O) groups is 1. The molecule has 0 radical (unpaired) electrons. The first-order valence-corrected chi connectivity index (χ1v) is 9.05. The zero-order valence-electron chi connectivity index (χ0n) is 14.1. The normalized spacial score (nSPS) is 10.6. The Labute approximate surface area is 159 Å². The standard InChI is InChI=1S/C17H16ClN5O2S/c1-11-7-8-15(25-2)14(9-11)23-17(20-21-22-23)26-10-16(24)19-13-6-4-3-5-12(13)18/h3-9H,10H2,1-2H3,(H,19,24). The van der Waals surface area contributed by atoms with E-state index < -0.39 is 0 Å². The van der Waals surface area contributed by atoms with Gasteiger partial charge in [-0.1, -0.05) is 41.6 Å². The molecular formula is C17H16ClN5O2S. The van der Waals surface area contributed by atoms with Gasteiger partial charge < -0.3 is 10.1 Å². The van der Waals surface area contributed by atoms with E-state index in [1.807, 2.05) is 25.1 Å². The van der Waals surface area contributed by atoms with Crippen LogP contribution in [0.1, 0.15) is 5.56 Å².